The predicted molar refractivity (Wildman–Crippen MR) is 127 cm³/mol. The summed E-state index contributed by atoms with van der Waals surface area (Å²) in [6.07, 6.45) is 1.48. The standard InChI is InChI=1S/C26H18N4O4/c31-24-19-14-18(17-10-5-2-6-11-17)25(32)30(15-16-8-3-1-4-9-16)23(19)21(28-22(24)26(33)34)20-12-7-13-27-29-20/h1-14,31H,15H2,(H,33,34). The van der Waals surface area contributed by atoms with Gasteiger partial charge in [0.15, 0.2) is 11.4 Å². The van der Waals surface area contributed by atoms with E-state index in [0.29, 0.717) is 11.1 Å². The lowest BCUT2D eigenvalue weighted by Gasteiger charge is -2.17. The fourth-order valence-corrected chi connectivity index (χ4v) is 3.94. The van der Waals surface area contributed by atoms with Gasteiger partial charge in [0, 0.05) is 17.1 Å². The van der Waals surface area contributed by atoms with E-state index in [-0.39, 0.29) is 34.4 Å². The van der Waals surface area contributed by atoms with Crippen LogP contribution in [0.4, 0.5) is 0 Å². The molecule has 0 fully saturated rings. The molecule has 3 heterocycles. The summed E-state index contributed by atoms with van der Waals surface area (Å²) in [4.78, 5) is 29.9. The first-order chi connectivity index (χ1) is 16.5. The lowest BCUT2D eigenvalue weighted by atomic mass is 10.0. The van der Waals surface area contributed by atoms with Crippen LogP contribution in [0.1, 0.15) is 16.1 Å². The molecule has 8 nitrogen and oxygen atoms in total. The highest BCUT2D eigenvalue weighted by molar-refractivity contribution is 6.03. The predicted octanol–water partition coefficient (Wildman–Crippen LogP) is 3.97. The van der Waals surface area contributed by atoms with Gasteiger partial charge in [0.1, 0.15) is 11.4 Å². The van der Waals surface area contributed by atoms with Gasteiger partial charge in [-0.3, -0.25) is 4.79 Å². The maximum atomic E-state index is 13.8. The second kappa shape index (κ2) is 8.59. The number of carboxylic acids is 1. The molecule has 2 aromatic carbocycles. The SMILES string of the molecule is O=C(O)c1nc(-c2cccnn2)c2c(cc(-c3ccccc3)c(=O)n2Cc2ccccc2)c1O. The van der Waals surface area contributed by atoms with Crippen LogP contribution in [-0.4, -0.2) is 35.9 Å². The minimum atomic E-state index is -1.40. The molecule has 0 aliphatic rings. The molecule has 5 rings (SSSR count). The highest BCUT2D eigenvalue weighted by atomic mass is 16.4. The minimum absolute atomic E-state index is 0.144. The van der Waals surface area contributed by atoms with Gasteiger partial charge in [0.25, 0.3) is 5.56 Å². The number of carboxylic acid groups (broad SMARTS) is 1. The Kier molecular flexibility index (Phi) is 5.31. The molecule has 34 heavy (non-hydrogen) atoms. The van der Waals surface area contributed by atoms with Crippen LogP contribution in [0.2, 0.25) is 0 Å². The van der Waals surface area contributed by atoms with Crippen LogP contribution in [-0.2, 0) is 6.54 Å². The molecule has 166 valence electrons. The third-order valence-electron chi connectivity index (χ3n) is 5.50. The van der Waals surface area contributed by atoms with Gasteiger partial charge in [0.05, 0.1) is 12.1 Å². The third kappa shape index (κ3) is 3.67. The van der Waals surface area contributed by atoms with E-state index in [0.717, 1.165) is 5.56 Å². The number of aromatic hydroxyl groups is 1. The van der Waals surface area contributed by atoms with Crippen molar-refractivity contribution in [2.45, 2.75) is 6.54 Å². The van der Waals surface area contributed by atoms with Crippen molar-refractivity contribution < 1.29 is 15.0 Å². The van der Waals surface area contributed by atoms with E-state index in [1.807, 2.05) is 36.4 Å². The smallest absolute Gasteiger partial charge is 0.358 e. The van der Waals surface area contributed by atoms with Crippen molar-refractivity contribution in [1.29, 1.82) is 0 Å². The number of fused-ring (bicyclic) bond motifs is 1. The van der Waals surface area contributed by atoms with Crippen LogP contribution in [0.15, 0.2) is 89.9 Å². The Labute approximate surface area is 193 Å². The van der Waals surface area contributed by atoms with Crippen molar-refractivity contribution in [3.63, 3.8) is 0 Å². The summed E-state index contributed by atoms with van der Waals surface area (Å²) >= 11 is 0. The zero-order chi connectivity index (χ0) is 23.7. The summed E-state index contributed by atoms with van der Waals surface area (Å²) in [5.74, 6) is -1.92. The summed E-state index contributed by atoms with van der Waals surface area (Å²) in [5.41, 5.74) is 1.68. The van der Waals surface area contributed by atoms with Gasteiger partial charge in [-0.1, -0.05) is 60.7 Å². The molecule has 8 heteroatoms. The average Bonchev–Trinajstić information content (AvgIpc) is 2.87. The number of carbonyl (C=O) groups is 1. The Morgan fingerprint density at radius 1 is 0.941 bits per heavy atom. The van der Waals surface area contributed by atoms with Gasteiger partial charge in [-0.25, -0.2) is 9.78 Å². The number of aromatic carboxylic acids is 1. The van der Waals surface area contributed by atoms with Gasteiger partial charge in [-0.15, -0.1) is 5.10 Å². The van der Waals surface area contributed by atoms with E-state index in [4.69, 9.17) is 0 Å². The third-order valence-corrected chi connectivity index (χ3v) is 5.50. The topological polar surface area (TPSA) is 118 Å². The Balaban J connectivity index is 1.94. The lowest BCUT2D eigenvalue weighted by molar-refractivity contribution is 0.0687. The molecular weight excluding hydrogens is 432 g/mol. The summed E-state index contributed by atoms with van der Waals surface area (Å²) in [6.45, 7) is 0.178. The maximum absolute atomic E-state index is 13.8. The van der Waals surface area contributed by atoms with Gasteiger partial charge in [-0.05, 0) is 29.3 Å². The normalized spacial score (nSPS) is 10.9. The van der Waals surface area contributed by atoms with E-state index < -0.39 is 17.4 Å². The van der Waals surface area contributed by atoms with E-state index in [2.05, 4.69) is 15.2 Å². The first kappa shape index (κ1) is 21.0. The first-order valence-electron chi connectivity index (χ1n) is 10.5. The molecule has 2 N–H and O–H groups in total. The number of rotatable bonds is 5. The Morgan fingerprint density at radius 3 is 2.29 bits per heavy atom. The van der Waals surface area contributed by atoms with Crippen LogP contribution < -0.4 is 5.56 Å². The molecule has 0 bridgehead atoms. The van der Waals surface area contributed by atoms with Crippen LogP contribution in [0, 0.1) is 0 Å². The quantitative estimate of drug-likeness (QED) is 0.416. The molecule has 0 unspecified atom stereocenters. The van der Waals surface area contributed by atoms with Crippen molar-refractivity contribution >= 4 is 16.9 Å². The van der Waals surface area contributed by atoms with E-state index in [1.165, 1.54) is 16.8 Å². The van der Waals surface area contributed by atoms with Gasteiger partial charge in [-0.2, -0.15) is 5.10 Å². The van der Waals surface area contributed by atoms with Gasteiger partial charge >= 0.3 is 5.97 Å². The van der Waals surface area contributed by atoms with Crippen LogP contribution in [0.3, 0.4) is 0 Å². The molecule has 0 amide bonds. The Morgan fingerprint density at radius 2 is 1.65 bits per heavy atom. The number of hydrogen-bond acceptors (Lipinski definition) is 6. The second-order valence-electron chi connectivity index (χ2n) is 7.63. The highest BCUT2D eigenvalue weighted by Gasteiger charge is 2.24. The molecular formula is C26H18N4O4. The molecule has 3 aromatic heterocycles. The Bertz CT molecular complexity index is 1570. The van der Waals surface area contributed by atoms with E-state index in [1.54, 1.807) is 36.4 Å². The number of hydrogen-bond donors (Lipinski definition) is 2. The van der Waals surface area contributed by atoms with Crippen molar-refractivity contribution in [2.75, 3.05) is 0 Å². The number of nitrogens with zero attached hydrogens (tertiary/aromatic N) is 4. The molecule has 5 aromatic rings. The fraction of sp³-hybridized carbons (Fsp3) is 0.0385. The van der Waals surface area contributed by atoms with Crippen LogP contribution >= 0.6 is 0 Å². The highest BCUT2D eigenvalue weighted by Crippen LogP contribution is 2.35. The minimum Gasteiger partial charge on any atom is -0.505 e. The molecule has 0 saturated carbocycles. The molecule has 0 atom stereocenters. The summed E-state index contributed by atoms with van der Waals surface area (Å²) in [7, 11) is 0. The zero-order valence-corrected chi connectivity index (χ0v) is 17.8. The van der Waals surface area contributed by atoms with E-state index in [9.17, 15) is 19.8 Å². The monoisotopic (exact) mass is 450 g/mol. The van der Waals surface area contributed by atoms with Crippen molar-refractivity contribution in [3.05, 3.63) is 107 Å². The van der Waals surface area contributed by atoms with Crippen LogP contribution in [0.5, 0.6) is 5.75 Å². The molecule has 0 saturated heterocycles. The molecule has 0 aliphatic carbocycles. The number of benzene rings is 2. The fourth-order valence-electron chi connectivity index (χ4n) is 3.94. The lowest BCUT2D eigenvalue weighted by Crippen LogP contribution is -2.24. The first-order valence-corrected chi connectivity index (χ1v) is 10.5. The average molecular weight is 450 g/mol. The van der Waals surface area contributed by atoms with Gasteiger partial charge in [0.2, 0.25) is 0 Å². The number of aromatic nitrogens is 4. The Hall–Kier alpha value is -4.85. The summed E-state index contributed by atoms with van der Waals surface area (Å²) in [5, 5.41) is 28.8. The summed E-state index contributed by atoms with van der Waals surface area (Å²) in [6, 6.07) is 23.2. The molecule has 0 radical (unpaired) electrons. The van der Waals surface area contributed by atoms with Gasteiger partial charge < -0.3 is 14.8 Å². The second-order valence-corrected chi connectivity index (χ2v) is 7.63. The maximum Gasteiger partial charge on any atom is 0.358 e. The van der Waals surface area contributed by atoms with E-state index >= 15 is 0 Å². The van der Waals surface area contributed by atoms with Crippen molar-refractivity contribution in [1.82, 2.24) is 19.7 Å². The molecule has 0 spiro atoms. The molecule has 0 aliphatic heterocycles. The summed E-state index contributed by atoms with van der Waals surface area (Å²) < 4.78 is 1.50. The zero-order valence-electron chi connectivity index (χ0n) is 17.8. The van der Waals surface area contributed by atoms with Crippen molar-refractivity contribution in [3.8, 4) is 28.3 Å². The number of pyridine rings is 2. The van der Waals surface area contributed by atoms with Crippen molar-refractivity contribution in [2.24, 2.45) is 0 Å². The largest absolute Gasteiger partial charge is 0.505 e. The van der Waals surface area contributed by atoms with Crippen LogP contribution in [0.25, 0.3) is 33.4 Å².